The lowest BCUT2D eigenvalue weighted by Crippen LogP contribution is -2.41. The molecule has 1 unspecified atom stereocenters. The molecule has 0 spiro atoms. The Morgan fingerprint density at radius 1 is 1.10 bits per heavy atom. The summed E-state index contributed by atoms with van der Waals surface area (Å²) in [4.78, 5) is 17.3. The fraction of sp³-hybridized carbons (Fsp3) is 0.320. The number of carbonyl (C=O) groups is 1. The van der Waals surface area contributed by atoms with Crippen LogP contribution < -0.4 is 4.90 Å². The molecule has 3 rings (SSSR count). The van der Waals surface area contributed by atoms with Crippen LogP contribution in [0.25, 0.3) is 0 Å². The summed E-state index contributed by atoms with van der Waals surface area (Å²) in [6.07, 6.45) is 5.05. The largest absolute Gasteiger partial charge is 0.450 e. The molecule has 31 heavy (non-hydrogen) atoms. The van der Waals surface area contributed by atoms with Crippen LogP contribution in [0.3, 0.4) is 0 Å². The van der Waals surface area contributed by atoms with E-state index in [4.69, 9.17) is 16.3 Å². The molecule has 2 aromatic carbocycles. The predicted octanol–water partition coefficient (Wildman–Crippen LogP) is 5.50. The van der Waals surface area contributed by atoms with Crippen molar-refractivity contribution in [3.05, 3.63) is 89.5 Å². The number of ether oxygens (including phenoxy) is 1. The van der Waals surface area contributed by atoms with Gasteiger partial charge in [0.1, 0.15) is 5.60 Å². The van der Waals surface area contributed by atoms with Crippen LogP contribution in [0.15, 0.2) is 67.8 Å². The van der Waals surface area contributed by atoms with Crippen LogP contribution in [0.4, 0.5) is 5.69 Å². The highest BCUT2D eigenvalue weighted by Gasteiger charge is 2.42. The second-order valence-corrected chi connectivity index (χ2v) is 8.38. The first-order valence-electron chi connectivity index (χ1n) is 10.1. The van der Waals surface area contributed by atoms with E-state index in [1.807, 2.05) is 62.6 Å². The monoisotopic (exact) mass is 460 g/mol. The molecule has 1 heterocycles. The highest BCUT2D eigenvalue weighted by molar-refractivity contribution is 6.30. The topological polar surface area (TPSA) is 32.8 Å². The van der Waals surface area contributed by atoms with Crippen molar-refractivity contribution in [1.82, 2.24) is 4.90 Å². The van der Waals surface area contributed by atoms with Crippen LogP contribution in [-0.4, -0.2) is 44.6 Å². The highest BCUT2D eigenvalue weighted by Crippen LogP contribution is 2.40. The Labute approximate surface area is 196 Å². The van der Waals surface area contributed by atoms with Gasteiger partial charge in [-0.2, -0.15) is 0 Å². The Morgan fingerprint density at radius 2 is 1.74 bits per heavy atom. The van der Waals surface area contributed by atoms with Gasteiger partial charge in [0.2, 0.25) is 0 Å². The van der Waals surface area contributed by atoms with Gasteiger partial charge in [0, 0.05) is 43.2 Å². The minimum absolute atomic E-state index is 0. The third kappa shape index (κ3) is 5.70. The molecule has 6 heteroatoms. The summed E-state index contributed by atoms with van der Waals surface area (Å²) in [6, 6.07) is 13.5. The van der Waals surface area contributed by atoms with Gasteiger partial charge < -0.3 is 14.5 Å². The number of hydrogen-bond donors (Lipinski definition) is 0. The van der Waals surface area contributed by atoms with Crippen molar-refractivity contribution in [2.75, 3.05) is 38.6 Å². The minimum Gasteiger partial charge on any atom is -0.450 e. The molecule has 2 aromatic rings. The van der Waals surface area contributed by atoms with Gasteiger partial charge in [0.25, 0.3) is 0 Å². The van der Waals surface area contributed by atoms with Gasteiger partial charge in [0.15, 0.2) is 0 Å². The molecular formula is C25H30Cl2N2O2. The lowest BCUT2D eigenvalue weighted by atomic mass is 9.80. The number of rotatable bonds is 9. The number of fused-ring (bicyclic) bond motifs is 1. The zero-order chi connectivity index (χ0) is 21.7. The van der Waals surface area contributed by atoms with E-state index in [2.05, 4.69) is 29.0 Å². The first-order valence-corrected chi connectivity index (χ1v) is 10.5. The first kappa shape index (κ1) is 25.0. The Balaban J connectivity index is 0.00000341. The second kappa shape index (κ2) is 10.9. The summed E-state index contributed by atoms with van der Waals surface area (Å²) in [5, 5.41) is 0.663. The molecule has 0 saturated carbocycles. The van der Waals surface area contributed by atoms with Crippen LogP contribution in [0, 0.1) is 0 Å². The number of nitrogens with zero attached hydrogens (tertiary/aromatic N) is 2. The number of carbonyl (C=O) groups excluding carboxylic acids is 1. The van der Waals surface area contributed by atoms with E-state index >= 15 is 0 Å². The van der Waals surface area contributed by atoms with Gasteiger partial charge >= 0.3 is 5.97 Å². The molecule has 1 aliphatic heterocycles. The summed E-state index contributed by atoms with van der Waals surface area (Å²) in [5.74, 6) is -0.282. The van der Waals surface area contributed by atoms with Gasteiger partial charge in [-0.3, -0.25) is 0 Å². The summed E-state index contributed by atoms with van der Waals surface area (Å²) in [6.45, 7) is 9.91. The van der Waals surface area contributed by atoms with E-state index in [0.29, 0.717) is 36.5 Å². The van der Waals surface area contributed by atoms with Crippen molar-refractivity contribution in [1.29, 1.82) is 0 Å². The lowest BCUT2D eigenvalue weighted by molar-refractivity contribution is -0.0354. The Kier molecular flexibility index (Phi) is 8.75. The molecule has 166 valence electrons. The predicted molar refractivity (Wildman–Crippen MR) is 132 cm³/mol. The van der Waals surface area contributed by atoms with Gasteiger partial charge in [0.05, 0.1) is 5.56 Å². The molecule has 0 bridgehead atoms. The van der Waals surface area contributed by atoms with E-state index in [9.17, 15) is 4.79 Å². The zero-order valence-electron chi connectivity index (χ0n) is 18.1. The summed E-state index contributed by atoms with van der Waals surface area (Å²) in [7, 11) is 4.05. The molecule has 0 amide bonds. The summed E-state index contributed by atoms with van der Waals surface area (Å²) in [5.41, 5.74) is 2.91. The van der Waals surface area contributed by atoms with E-state index in [0.717, 1.165) is 23.4 Å². The SMILES string of the molecule is C=CCN(CC=C)c1ccc2c(c1)CC(CCN(C)C)(c1ccc(Cl)cc1)OC2=O.Cl. The van der Waals surface area contributed by atoms with Crippen molar-refractivity contribution in [2.24, 2.45) is 0 Å². The molecule has 0 saturated heterocycles. The quantitative estimate of drug-likeness (QED) is 0.365. The van der Waals surface area contributed by atoms with E-state index in [1.165, 1.54) is 0 Å². The molecule has 0 aromatic heterocycles. The maximum absolute atomic E-state index is 13.0. The molecule has 0 fully saturated rings. The van der Waals surface area contributed by atoms with E-state index in [1.54, 1.807) is 0 Å². The minimum atomic E-state index is -0.723. The molecule has 0 N–H and O–H groups in total. The Morgan fingerprint density at radius 3 is 2.32 bits per heavy atom. The summed E-state index contributed by atoms with van der Waals surface area (Å²) >= 11 is 6.11. The average molecular weight is 461 g/mol. The van der Waals surface area contributed by atoms with Gasteiger partial charge in [-0.15, -0.1) is 25.6 Å². The van der Waals surface area contributed by atoms with E-state index < -0.39 is 5.60 Å². The third-order valence-corrected chi connectivity index (χ3v) is 5.72. The second-order valence-electron chi connectivity index (χ2n) is 7.94. The molecule has 0 aliphatic carbocycles. The third-order valence-electron chi connectivity index (χ3n) is 5.47. The molecular weight excluding hydrogens is 431 g/mol. The number of esters is 1. The average Bonchev–Trinajstić information content (AvgIpc) is 2.72. The van der Waals surface area contributed by atoms with Crippen LogP contribution in [-0.2, 0) is 16.8 Å². The van der Waals surface area contributed by atoms with Gasteiger partial charge in [-0.25, -0.2) is 4.79 Å². The fourth-order valence-corrected chi connectivity index (χ4v) is 4.02. The fourth-order valence-electron chi connectivity index (χ4n) is 3.90. The number of hydrogen-bond acceptors (Lipinski definition) is 4. The number of anilines is 1. The molecule has 0 radical (unpaired) electrons. The van der Waals surface area contributed by atoms with Crippen LogP contribution in [0.1, 0.15) is 27.9 Å². The highest BCUT2D eigenvalue weighted by atomic mass is 35.5. The molecule has 4 nitrogen and oxygen atoms in total. The lowest BCUT2D eigenvalue weighted by Gasteiger charge is -2.39. The van der Waals surface area contributed by atoms with Crippen molar-refractivity contribution in [3.63, 3.8) is 0 Å². The van der Waals surface area contributed by atoms with Gasteiger partial charge in [-0.05, 0) is 55.6 Å². The summed E-state index contributed by atoms with van der Waals surface area (Å²) < 4.78 is 6.12. The van der Waals surface area contributed by atoms with Crippen molar-refractivity contribution in [2.45, 2.75) is 18.4 Å². The molecule has 1 aliphatic rings. The standard InChI is InChI=1S/C25H29ClN2O2.ClH/c1-5-14-28(15-6-2)22-11-12-23-19(17-22)18-25(30-24(23)29,13-16-27(3)4)20-7-9-21(26)10-8-20;/h5-12,17H,1-2,13-16,18H2,3-4H3;1H. The zero-order valence-corrected chi connectivity index (χ0v) is 19.7. The van der Waals surface area contributed by atoms with Gasteiger partial charge in [-0.1, -0.05) is 35.9 Å². The maximum atomic E-state index is 13.0. The van der Waals surface area contributed by atoms with Crippen molar-refractivity contribution >= 4 is 35.7 Å². The smallest absolute Gasteiger partial charge is 0.339 e. The van der Waals surface area contributed by atoms with Crippen molar-refractivity contribution < 1.29 is 9.53 Å². The van der Waals surface area contributed by atoms with Crippen molar-refractivity contribution in [3.8, 4) is 0 Å². The first-order chi connectivity index (χ1) is 14.4. The number of halogens is 2. The van der Waals surface area contributed by atoms with E-state index in [-0.39, 0.29) is 18.4 Å². The Hall–Kier alpha value is -2.27. The number of benzene rings is 2. The molecule has 1 atom stereocenters. The Bertz CT molecular complexity index is 918. The van der Waals surface area contributed by atoms with Crippen LogP contribution in [0.2, 0.25) is 5.02 Å². The van der Waals surface area contributed by atoms with Crippen LogP contribution >= 0.6 is 24.0 Å². The van der Waals surface area contributed by atoms with Crippen LogP contribution in [0.5, 0.6) is 0 Å². The maximum Gasteiger partial charge on any atom is 0.339 e. The number of cyclic esters (lactones) is 1. The normalized spacial score (nSPS) is 17.4.